The maximum Gasteiger partial charge on any atom is 0.233 e. The number of nitrogens with zero attached hydrogens (tertiary/aromatic N) is 1. The summed E-state index contributed by atoms with van der Waals surface area (Å²) in [4.78, 5) is 17.2. The average molecular weight is 329 g/mol. The zero-order valence-corrected chi connectivity index (χ0v) is 14.1. The van der Waals surface area contributed by atoms with Crippen molar-refractivity contribution in [2.24, 2.45) is 5.41 Å². The number of hydrogen-bond acceptors (Lipinski definition) is 5. The molecular formula is C18H23N3O3. The zero-order chi connectivity index (χ0) is 17.0. The number of oxazole rings is 1. The molecule has 0 saturated carbocycles. The first-order valence-corrected chi connectivity index (χ1v) is 8.17. The average Bonchev–Trinajstić information content (AvgIpc) is 3.03. The summed E-state index contributed by atoms with van der Waals surface area (Å²) in [5.41, 5.74) is 1.93. The summed E-state index contributed by atoms with van der Waals surface area (Å²) in [6.45, 7) is 3.96. The molecule has 0 bridgehead atoms. The van der Waals surface area contributed by atoms with Crippen LogP contribution in [0.1, 0.15) is 18.5 Å². The molecule has 1 aliphatic rings. The molecule has 2 heterocycles. The molecule has 1 aromatic heterocycles. The SMILES string of the molecule is COCC1(C(=O)Nc2cccc(-c3nc(C)co3)c2)CCNCC1. The molecule has 0 radical (unpaired) electrons. The molecule has 1 aromatic carbocycles. The number of carbonyl (C=O) groups excluding carboxylic acids is 1. The molecule has 3 rings (SSSR count). The van der Waals surface area contributed by atoms with Crippen LogP contribution < -0.4 is 10.6 Å². The van der Waals surface area contributed by atoms with Gasteiger partial charge < -0.3 is 19.8 Å². The van der Waals surface area contributed by atoms with Gasteiger partial charge in [-0.1, -0.05) is 6.07 Å². The van der Waals surface area contributed by atoms with E-state index in [2.05, 4.69) is 15.6 Å². The second kappa shape index (κ2) is 7.15. The molecule has 1 aliphatic heterocycles. The van der Waals surface area contributed by atoms with Gasteiger partial charge in [0, 0.05) is 18.4 Å². The number of hydrogen-bond donors (Lipinski definition) is 2. The Balaban J connectivity index is 1.78. The third-order valence-corrected chi connectivity index (χ3v) is 4.45. The fraction of sp³-hybridized carbons (Fsp3) is 0.444. The second-order valence-electron chi connectivity index (χ2n) is 6.29. The van der Waals surface area contributed by atoms with Crippen molar-refractivity contribution >= 4 is 11.6 Å². The molecule has 2 aromatic rings. The number of piperidine rings is 1. The molecule has 0 unspecified atom stereocenters. The molecule has 128 valence electrons. The molecule has 24 heavy (non-hydrogen) atoms. The number of carbonyl (C=O) groups is 1. The van der Waals surface area contributed by atoms with Gasteiger partial charge in [-0.15, -0.1) is 0 Å². The van der Waals surface area contributed by atoms with Crippen molar-refractivity contribution < 1.29 is 13.9 Å². The number of aromatic nitrogens is 1. The minimum absolute atomic E-state index is 0.00610. The molecular weight excluding hydrogens is 306 g/mol. The van der Waals surface area contributed by atoms with Crippen molar-refractivity contribution in [3.63, 3.8) is 0 Å². The van der Waals surface area contributed by atoms with E-state index in [1.807, 2.05) is 31.2 Å². The molecule has 0 spiro atoms. The van der Waals surface area contributed by atoms with E-state index in [1.165, 1.54) is 0 Å². The van der Waals surface area contributed by atoms with Gasteiger partial charge in [0.1, 0.15) is 6.26 Å². The van der Waals surface area contributed by atoms with E-state index in [0.29, 0.717) is 12.5 Å². The van der Waals surface area contributed by atoms with Gasteiger partial charge in [-0.25, -0.2) is 4.98 Å². The van der Waals surface area contributed by atoms with Gasteiger partial charge in [0.2, 0.25) is 11.8 Å². The number of benzene rings is 1. The predicted octanol–water partition coefficient (Wildman–Crippen LogP) is 2.60. The Morgan fingerprint density at radius 3 is 2.88 bits per heavy atom. The first-order valence-electron chi connectivity index (χ1n) is 8.17. The summed E-state index contributed by atoms with van der Waals surface area (Å²) in [6, 6.07) is 7.55. The lowest BCUT2D eigenvalue weighted by Crippen LogP contribution is -2.47. The van der Waals surface area contributed by atoms with E-state index in [1.54, 1.807) is 13.4 Å². The first kappa shape index (κ1) is 16.7. The second-order valence-corrected chi connectivity index (χ2v) is 6.29. The summed E-state index contributed by atoms with van der Waals surface area (Å²) in [5.74, 6) is 0.559. The van der Waals surface area contributed by atoms with Crippen LogP contribution >= 0.6 is 0 Å². The fourth-order valence-electron chi connectivity index (χ4n) is 3.10. The summed E-state index contributed by atoms with van der Waals surface area (Å²) < 4.78 is 10.8. The normalized spacial score (nSPS) is 16.8. The van der Waals surface area contributed by atoms with Gasteiger partial charge in [-0.2, -0.15) is 0 Å². The lowest BCUT2D eigenvalue weighted by molar-refractivity contribution is -0.130. The highest BCUT2D eigenvalue weighted by molar-refractivity contribution is 5.96. The zero-order valence-electron chi connectivity index (χ0n) is 14.1. The molecule has 2 N–H and O–H groups in total. The Labute approximate surface area is 141 Å². The highest BCUT2D eigenvalue weighted by Crippen LogP contribution is 2.31. The monoisotopic (exact) mass is 329 g/mol. The van der Waals surface area contributed by atoms with Crippen LogP contribution in [0.3, 0.4) is 0 Å². The third-order valence-electron chi connectivity index (χ3n) is 4.45. The summed E-state index contributed by atoms with van der Waals surface area (Å²) in [5, 5.41) is 6.33. The van der Waals surface area contributed by atoms with E-state index in [9.17, 15) is 4.79 Å². The van der Waals surface area contributed by atoms with Gasteiger partial charge in [0.25, 0.3) is 0 Å². The molecule has 6 nitrogen and oxygen atoms in total. The minimum Gasteiger partial charge on any atom is -0.444 e. The van der Waals surface area contributed by atoms with Gasteiger partial charge in [0.15, 0.2) is 0 Å². The molecule has 1 saturated heterocycles. The predicted molar refractivity (Wildman–Crippen MR) is 91.7 cm³/mol. The molecule has 0 atom stereocenters. The van der Waals surface area contributed by atoms with Crippen molar-refractivity contribution in [1.29, 1.82) is 0 Å². The topological polar surface area (TPSA) is 76.4 Å². The van der Waals surface area contributed by atoms with E-state index < -0.39 is 5.41 Å². The summed E-state index contributed by atoms with van der Waals surface area (Å²) in [7, 11) is 1.64. The van der Waals surface area contributed by atoms with E-state index in [0.717, 1.165) is 42.9 Å². The summed E-state index contributed by atoms with van der Waals surface area (Å²) in [6.07, 6.45) is 3.15. The van der Waals surface area contributed by atoms with Gasteiger partial charge in [-0.05, 0) is 51.1 Å². The number of aryl methyl sites for hydroxylation is 1. The highest BCUT2D eigenvalue weighted by Gasteiger charge is 2.39. The van der Waals surface area contributed by atoms with Crippen molar-refractivity contribution in [2.75, 3.05) is 32.1 Å². The Kier molecular flexibility index (Phi) is 4.97. The third kappa shape index (κ3) is 3.49. The Morgan fingerprint density at radius 1 is 1.42 bits per heavy atom. The molecule has 1 fully saturated rings. The number of nitrogens with one attached hydrogen (secondary N) is 2. The fourth-order valence-corrected chi connectivity index (χ4v) is 3.10. The van der Waals surface area contributed by atoms with Crippen LogP contribution in [0.2, 0.25) is 0 Å². The standard InChI is InChI=1S/C18H23N3O3/c1-13-11-24-16(20-13)14-4-3-5-15(10-14)21-17(22)18(12-23-2)6-8-19-9-7-18/h3-5,10-11,19H,6-9,12H2,1-2H3,(H,21,22). The Morgan fingerprint density at radius 2 is 2.21 bits per heavy atom. The van der Waals surface area contributed by atoms with E-state index >= 15 is 0 Å². The van der Waals surface area contributed by atoms with Gasteiger partial charge in [-0.3, -0.25) is 4.79 Å². The molecule has 1 amide bonds. The quantitative estimate of drug-likeness (QED) is 0.882. The van der Waals surface area contributed by atoms with Crippen LogP contribution in [-0.4, -0.2) is 37.7 Å². The smallest absolute Gasteiger partial charge is 0.233 e. The summed E-state index contributed by atoms with van der Waals surface area (Å²) >= 11 is 0. The molecule has 6 heteroatoms. The maximum atomic E-state index is 12.9. The van der Waals surface area contributed by atoms with Gasteiger partial charge in [0.05, 0.1) is 17.7 Å². The first-order chi connectivity index (χ1) is 11.6. The lowest BCUT2D eigenvalue weighted by atomic mass is 9.78. The number of rotatable bonds is 5. The van der Waals surface area contributed by atoms with E-state index in [-0.39, 0.29) is 5.91 Å². The maximum absolute atomic E-state index is 12.9. The number of methoxy groups -OCH3 is 1. The Hall–Kier alpha value is -2.18. The van der Waals surface area contributed by atoms with Crippen molar-refractivity contribution in [3.8, 4) is 11.5 Å². The van der Waals surface area contributed by atoms with Crippen LogP contribution in [-0.2, 0) is 9.53 Å². The number of anilines is 1. The van der Waals surface area contributed by atoms with Crippen LogP contribution in [0.25, 0.3) is 11.5 Å². The largest absolute Gasteiger partial charge is 0.444 e. The Bertz CT molecular complexity index is 700. The van der Waals surface area contributed by atoms with Crippen molar-refractivity contribution in [3.05, 3.63) is 36.2 Å². The van der Waals surface area contributed by atoms with Crippen molar-refractivity contribution in [2.45, 2.75) is 19.8 Å². The van der Waals surface area contributed by atoms with Crippen LogP contribution in [0.15, 0.2) is 34.9 Å². The highest BCUT2D eigenvalue weighted by atomic mass is 16.5. The van der Waals surface area contributed by atoms with Crippen LogP contribution in [0, 0.1) is 12.3 Å². The van der Waals surface area contributed by atoms with Gasteiger partial charge >= 0.3 is 0 Å². The van der Waals surface area contributed by atoms with E-state index in [4.69, 9.17) is 9.15 Å². The number of ether oxygens (including phenoxy) is 1. The van der Waals surface area contributed by atoms with Crippen LogP contribution in [0.4, 0.5) is 5.69 Å². The van der Waals surface area contributed by atoms with Crippen LogP contribution in [0.5, 0.6) is 0 Å². The number of amides is 1. The van der Waals surface area contributed by atoms with Crippen molar-refractivity contribution in [1.82, 2.24) is 10.3 Å². The minimum atomic E-state index is -0.477. The lowest BCUT2D eigenvalue weighted by Gasteiger charge is -2.35. The molecule has 0 aliphatic carbocycles.